The van der Waals surface area contributed by atoms with Crippen LogP contribution in [0, 0.1) is 6.57 Å². The van der Waals surface area contributed by atoms with E-state index < -0.39 is 11.7 Å². The van der Waals surface area contributed by atoms with Gasteiger partial charge in [-0.3, -0.25) is 9.69 Å². The van der Waals surface area contributed by atoms with Crippen LogP contribution in [0.15, 0.2) is 65.1 Å². The highest BCUT2D eigenvalue weighted by atomic mass is 19.4. The van der Waals surface area contributed by atoms with Crippen molar-refractivity contribution in [1.82, 2.24) is 9.88 Å². The Morgan fingerprint density at radius 1 is 1.02 bits per heavy atom. The fraction of sp³-hybridized carbons (Fsp3) is 0.323. The summed E-state index contributed by atoms with van der Waals surface area (Å²) in [4.78, 5) is 25.1. The zero-order valence-corrected chi connectivity index (χ0v) is 22.3. The summed E-state index contributed by atoms with van der Waals surface area (Å²) in [6.45, 7) is 14.4. The number of carbonyl (C=O) groups is 1. The molecule has 0 saturated carbocycles. The summed E-state index contributed by atoms with van der Waals surface area (Å²) in [5.74, 6) is 0.764. The average Bonchev–Trinajstić information content (AvgIpc) is 3.37. The molecule has 4 aromatic rings. The van der Waals surface area contributed by atoms with E-state index in [0.717, 1.165) is 34.5 Å². The molecule has 0 radical (unpaired) electrons. The van der Waals surface area contributed by atoms with Crippen LogP contribution in [-0.4, -0.2) is 48.4 Å². The third-order valence-corrected chi connectivity index (χ3v) is 7.19. The minimum Gasteiger partial charge on any atom is -0.436 e. The van der Waals surface area contributed by atoms with Crippen LogP contribution in [0.5, 0.6) is 0 Å². The number of benzene rings is 3. The lowest BCUT2D eigenvalue weighted by molar-refractivity contribution is -0.137. The summed E-state index contributed by atoms with van der Waals surface area (Å²) in [5.41, 5.74) is 4.62. The molecule has 9 heteroatoms. The molecule has 0 N–H and O–H groups in total. The number of aromatic nitrogens is 1. The molecule has 0 atom stereocenters. The van der Waals surface area contributed by atoms with Gasteiger partial charge in [0.05, 0.1) is 24.2 Å². The van der Waals surface area contributed by atoms with E-state index in [2.05, 4.69) is 28.6 Å². The van der Waals surface area contributed by atoms with Crippen molar-refractivity contribution < 1.29 is 22.4 Å². The van der Waals surface area contributed by atoms with Gasteiger partial charge >= 0.3 is 6.18 Å². The molecule has 1 aliphatic rings. The molecule has 0 unspecified atom stereocenters. The number of hydrogen-bond donors (Lipinski definition) is 0. The second-order valence-corrected chi connectivity index (χ2v) is 10.4. The number of Topliss-reactive ketones (excluding diaryl/α,β-unsaturated/α-hetero) is 1. The highest BCUT2D eigenvalue weighted by Crippen LogP contribution is 2.34. The topological polar surface area (TPSA) is 53.9 Å². The lowest BCUT2D eigenvalue weighted by Crippen LogP contribution is -2.48. The first kappa shape index (κ1) is 27.4. The van der Waals surface area contributed by atoms with Crippen LogP contribution in [0.1, 0.15) is 36.5 Å². The number of anilines is 1. The Labute approximate surface area is 230 Å². The second-order valence-electron chi connectivity index (χ2n) is 10.4. The van der Waals surface area contributed by atoms with Crippen LogP contribution in [-0.2, 0) is 17.4 Å². The van der Waals surface area contributed by atoms with Crippen molar-refractivity contribution >= 4 is 28.3 Å². The van der Waals surface area contributed by atoms with Crippen LogP contribution in [0.4, 0.5) is 24.5 Å². The van der Waals surface area contributed by atoms with Crippen molar-refractivity contribution in [3.63, 3.8) is 0 Å². The second kappa shape index (κ2) is 11.1. The molecular formula is C31H29F3N4O2. The molecule has 1 aromatic heterocycles. The lowest BCUT2D eigenvalue weighted by atomic mass is 10.0. The van der Waals surface area contributed by atoms with Crippen LogP contribution in [0.25, 0.3) is 27.4 Å². The highest BCUT2D eigenvalue weighted by Gasteiger charge is 2.30. The molecule has 206 valence electrons. The van der Waals surface area contributed by atoms with Gasteiger partial charge in [0.2, 0.25) is 5.89 Å². The lowest BCUT2D eigenvalue weighted by Gasteiger charge is -2.35. The van der Waals surface area contributed by atoms with E-state index in [4.69, 9.17) is 11.0 Å². The van der Waals surface area contributed by atoms with E-state index >= 15 is 0 Å². The smallest absolute Gasteiger partial charge is 0.416 e. The van der Waals surface area contributed by atoms with Gasteiger partial charge in [-0.25, -0.2) is 9.83 Å². The fourth-order valence-corrected chi connectivity index (χ4v) is 4.98. The third-order valence-electron chi connectivity index (χ3n) is 7.19. The van der Waals surface area contributed by atoms with Gasteiger partial charge in [-0.2, -0.15) is 13.2 Å². The molecule has 6 nitrogen and oxygen atoms in total. The van der Waals surface area contributed by atoms with E-state index in [0.29, 0.717) is 61.8 Å². The van der Waals surface area contributed by atoms with Gasteiger partial charge in [0.25, 0.3) is 0 Å². The third kappa shape index (κ3) is 6.02. The Morgan fingerprint density at radius 3 is 2.30 bits per heavy atom. The molecule has 40 heavy (non-hydrogen) atoms. The van der Waals surface area contributed by atoms with Crippen LogP contribution >= 0.6 is 0 Å². The predicted octanol–water partition coefficient (Wildman–Crippen LogP) is 7.12. The maximum atomic E-state index is 12.8. The molecule has 5 rings (SSSR count). The average molecular weight is 547 g/mol. The molecule has 0 amide bonds. The zero-order chi connectivity index (χ0) is 28.4. The molecule has 3 aromatic carbocycles. The van der Waals surface area contributed by atoms with Crippen LogP contribution in [0.2, 0.25) is 0 Å². The van der Waals surface area contributed by atoms with Gasteiger partial charge in [-0.05, 0) is 65.6 Å². The molecular weight excluding hydrogens is 517 g/mol. The molecule has 0 bridgehead atoms. The number of oxazole rings is 1. The van der Waals surface area contributed by atoms with Crippen LogP contribution < -0.4 is 4.90 Å². The van der Waals surface area contributed by atoms with Crippen molar-refractivity contribution in [2.75, 3.05) is 37.6 Å². The zero-order valence-electron chi connectivity index (χ0n) is 22.3. The Hall–Kier alpha value is -4.16. The van der Waals surface area contributed by atoms with Gasteiger partial charge in [0, 0.05) is 43.9 Å². The van der Waals surface area contributed by atoms with Gasteiger partial charge in [0.15, 0.2) is 17.1 Å². The normalized spacial score (nSPS) is 14.6. The standard InChI is InChI=1S/C31H29F3N4O2/c1-20(2)27-17-24(35-3)18-28-29(27)40-30(36-28)22-6-4-21(5-7-22)16-26(39)19-37-12-14-38(15-13-37)25-10-8-23(9-11-25)31(32,33)34/h4-11,17-18,20H,12-16,19H2,1-2H3. The van der Waals surface area contributed by atoms with E-state index in [9.17, 15) is 18.0 Å². The van der Waals surface area contributed by atoms with E-state index in [-0.39, 0.29) is 11.7 Å². The molecule has 0 aliphatic carbocycles. The molecule has 1 saturated heterocycles. The van der Waals surface area contributed by atoms with Crippen molar-refractivity contribution in [2.24, 2.45) is 0 Å². The van der Waals surface area contributed by atoms with Crippen molar-refractivity contribution in [3.8, 4) is 11.5 Å². The molecule has 0 spiro atoms. The highest BCUT2D eigenvalue weighted by molar-refractivity contribution is 5.85. The van der Waals surface area contributed by atoms with Gasteiger partial charge < -0.3 is 9.32 Å². The monoisotopic (exact) mass is 546 g/mol. The number of rotatable bonds is 7. The van der Waals surface area contributed by atoms with Gasteiger partial charge in [-0.15, -0.1) is 0 Å². The first-order chi connectivity index (χ1) is 19.1. The largest absolute Gasteiger partial charge is 0.436 e. The summed E-state index contributed by atoms with van der Waals surface area (Å²) in [7, 11) is 0. The summed E-state index contributed by atoms with van der Waals surface area (Å²) < 4.78 is 44.6. The summed E-state index contributed by atoms with van der Waals surface area (Å²) in [6.07, 6.45) is -4.04. The number of piperazine rings is 1. The van der Waals surface area contributed by atoms with Crippen molar-refractivity contribution in [2.45, 2.75) is 32.4 Å². The van der Waals surface area contributed by atoms with E-state index in [1.807, 2.05) is 35.2 Å². The maximum Gasteiger partial charge on any atom is 0.416 e. The Balaban J connectivity index is 1.16. The number of nitrogens with zero attached hydrogens (tertiary/aromatic N) is 4. The minimum absolute atomic E-state index is 0.103. The molecule has 1 fully saturated rings. The first-order valence-corrected chi connectivity index (χ1v) is 13.2. The number of carbonyl (C=O) groups excluding carboxylic acids is 1. The quantitative estimate of drug-likeness (QED) is 0.231. The van der Waals surface area contributed by atoms with Crippen molar-refractivity contribution in [3.05, 3.63) is 88.8 Å². The van der Waals surface area contributed by atoms with Crippen molar-refractivity contribution in [1.29, 1.82) is 0 Å². The van der Waals surface area contributed by atoms with Gasteiger partial charge in [0.1, 0.15) is 0 Å². The maximum absolute atomic E-state index is 12.8. The Bertz CT molecular complexity index is 1540. The Morgan fingerprint density at radius 2 is 1.70 bits per heavy atom. The Kier molecular flexibility index (Phi) is 7.63. The van der Waals surface area contributed by atoms with E-state index in [1.165, 1.54) is 12.1 Å². The number of ketones is 1. The van der Waals surface area contributed by atoms with E-state index in [1.54, 1.807) is 6.07 Å². The first-order valence-electron chi connectivity index (χ1n) is 13.2. The minimum atomic E-state index is -4.34. The summed E-state index contributed by atoms with van der Waals surface area (Å²) in [5, 5.41) is 0. The molecule has 1 aliphatic heterocycles. The molecule has 2 heterocycles. The summed E-state index contributed by atoms with van der Waals surface area (Å²) in [6, 6.07) is 16.4. The number of alkyl halides is 3. The number of hydrogen-bond acceptors (Lipinski definition) is 5. The number of fused-ring (bicyclic) bond motifs is 1. The SMILES string of the molecule is [C-]#[N+]c1cc(C(C)C)c2oc(-c3ccc(CC(=O)CN4CCN(c5ccc(C(F)(F)F)cc5)CC4)cc3)nc2c1. The predicted molar refractivity (Wildman–Crippen MR) is 149 cm³/mol. The number of halogens is 3. The van der Waals surface area contributed by atoms with Crippen LogP contribution in [0.3, 0.4) is 0 Å². The summed E-state index contributed by atoms with van der Waals surface area (Å²) >= 11 is 0. The fourth-order valence-electron chi connectivity index (χ4n) is 4.98. The van der Waals surface area contributed by atoms with Gasteiger partial charge in [-0.1, -0.05) is 26.0 Å².